The lowest BCUT2D eigenvalue weighted by Crippen LogP contribution is -2.46. The molecule has 16 heavy (non-hydrogen) atoms. The molecule has 5 heteroatoms. The van der Waals surface area contributed by atoms with Crippen LogP contribution in [0.2, 0.25) is 0 Å². The van der Waals surface area contributed by atoms with Gasteiger partial charge in [-0.15, -0.1) is 0 Å². The average molecular weight is 230 g/mol. The molecule has 94 valence electrons. The number of carboxylic acid groups (broad SMARTS) is 1. The Morgan fingerprint density at radius 1 is 1.19 bits per heavy atom. The third-order valence-corrected chi connectivity index (χ3v) is 2.25. The van der Waals surface area contributed by atoms with Gasteiger partial charge in [0.1, 0.15) is 6.04 Å². The van der Waals surface area contributed by atoms with E-state index in [9.17, 15) is 9.59 Å². The van der Waals surface area contributed by atoms with Gasteiger partial charge in [0.25, 0.3) is 0 Å². The van der Waals surface area contributed by atoms with E-state index < -0.39 is 18.0 Å². The number of nitrogens with one attached hydrogen (secondary N) is 2. The van der Waals surface area contributed by atoms with E-state index in [4.69, 9.17) is 5.11 Å². The largest absolute Gasteiger partial charge is 0.480 e. The van der Waals surface area contributed by atoms with Crippen LogP contribution in [0, 0.1) is 0 Å². The van der Waals surface area contributed by atoms with Gasteiger partial charge in [-0.1, -0.05) is 33.1 Å². The maximum atomic E-state index is 11.3. The number of urea groups is 1. The number of amides is 2. The van der Waals surface area contributed by atoms with Gasteiger partial charge in [-0.3, -0.25) is 0 Å². The fraction of sp³-hybridized carbons (Fsp3) is 0.818. The van der Waals surface area contributed by atoms with Gasteiger partial charge in [0.05, 0.1) is 0 Å². The number of carboxylic acids is 1. The Bertz CT molecular complexity index is 219. The van der Waals surface area contributed by atoms with Crippen LogP contribution in [0.15, 0.2) is 0 Å². The number of aliphatic carboxylic acids is 1. The van der Waals surface area contributed by atoms with Crippen molar-refractivity contribution in [2.45, 2.75) is 52.0 Å². The summed E-state index contributed by atoms with van der Waals surface area (Å²) in [5, 5.41) is 13.9. The highest BCUT2D eigenvalue weighted by atomic mass is 16.4. The molecule has 0 aromatic carbocycles. The first kappa shape index (κ1) is 14.7. The van der Waals surface area contributed by atoms with E-state index in [1.54, 1.807) is 0 Å². The highest BCUT2D eigenvalue weighted by Gasteiger charge is 2.17. The lowest BCUT2D eigenvalue weighted by Gasteiger charge is -2.14. The number of carbonyl (C=O) groups excluding carboxylic acids is 1. The molecule has 1 unspecified atom stereocenters. The molecule has 0 radical (unpaired) electrons. The first-order valence-corrected chi connectivity index (χ1v) is 5.89. The number of hydrogen-bond donors (Lipinski definition) is 3. The maximum Gasteiger partial charge on any atom is 0.326 e. The Labute approximate surface area is 96.6 Å². The molecular formula is C11H22N2O3. The fourth-order valence-electron chi connectivity index (χ4n) is 1.33. The number of unbranched alkanes of at least 4 members (excludes halogenated alkanes) is 2. The average Bonchev–Trinajstić information content (AvgIpc) is 2.23. The van der Waals surface area contributed by atoms with Crippen LogP contribution in [0.3, 0.4) is 0 Å². The van der Waals surface area contributed by atoms with Crippen LogP contribution in [0.25, 0.3) is 0 Å². The van der Waals surface area contributed by atoms with Crippen molar-refractivity contribution in [1.29, 1.82) is 0 Å². The standard InChI is InChI=1S/C11H22N2O3/c1-3-5-6-8-12-11(16)13-9(7-4-2)10(14)15/h9H,3-8H2,1-2H3,(H,14,15)(H2,12,13,16). The molecule has 0 heterocycles. The summed E-state index contributed by atoms with van der Waals surface area (Å²) in [6, 6.07) is -1.17. The lowest BCUT2D eigenvalue weighted by atomic mass is 10.2. The highest BCUT2D eigenvalue weighted by molar-refractivity contribution is 5.82. The van der Waals surface area contributed by atoms with Crippen LogP contribution >= 0.6 is 0 Å². The van der Waals surface area contributed by atoms with E-state index in [0.717, 1.165) is 25.7 Å². The molecule has 0 rings (SSSR count). The zero-order valence-corrected chi connectivity index (χ0v) is 10.1. The molecule has 0 aliphatic heterocycles. The molecular weight excluding hydrogens is 208 g/mol. The molecule has 0 aliphatic rings. The van der Waals surface area contributed by atoms with Crippen molar-refractivity contribution in [3.05, 3.63) is 0 Å². The first-order chi connectivity index (χ1) is 7.61. The molecule has 0 spiro atoms. The van der Waals surface area contributed by atoms with E-state index in [1.165, 1.54) is 0 Å². The Morgan fingerprint density at radius 2 is 1.88 bits per heavy atom. The summed E-state index contributed by atoms with van der Waals surface area (Å²) >= 11 is 0. The monoisotopic (exact) mass is 230 g/mol. The van der Waals surface area contributed by atoms with Crippen molar-refractivity contribution in [3.8, 4) is 0 Å². The van der Waals surface area contributed by atoms with E-state index >= 15 is 0 Å². The topological polar surface area (TPSA) is 78.4 Å². The van der Waals surface area contributed by atoms with E-state index in [-0.39, 0.29) is 0 Å². The van der Waals surface area contributed by atoms with Gasteiger partial charge in [0, 0.05) is 6.54 Å². The van der Waals surface area contributed by atoms with Gasteiger partial charge < -0.3 is 15.7 Å². The van der Waals surface area contributed by atoms with Crippen molar-refractivity contribution in [3.63, 3.8) is 0 Å². The predicted octanol–water partition coefficient (Wildman–Crippen LogP) is 1.73. The van der Waals surface area contributed by atoms with Crippen molar-refractivity contribution >= 4 is 12.0 Å². The minimum absolute atomic E-state index is 0.392. The summed E-state index contributed by atoms with van der Waals surface area (Å²) < 4.78 is 0. The zero-order chi connectivity index (χ0) is 12.4. The van der Waals surface area contributed by atoms with Crippen LogP contribution < -0.4 is 10.6 Å². The van der Waals surface area contributed by atoms with Crippen LogP contribution in [-0.2, 0) is 4.79 Å². The fourth-order valence-corrected chi connectivity index (χ4v) is 1.33. The molecule has 2 amide bonds. The molecule has 5 nitrogen and oxygen atoms in total. The van der Waals surface area contributed by atoms with E-state index in [0.29, 0.717) is 13.0 Å². The second-order valence-electron chi connectivity index (χ2n) is 3.79. The quantitative estimate of drug-likeness (QED) is 0.556. The van der Waals surface area contributed by atoms with Crippen LogP contribution in [0.4, 0.5) is 4.79 Å². The number of rotatable bonds is 8. The van der Waals surface area contributed by atoms with Gasteiger partial charge in [-0.05, 0) is 12.8 Å². The molecule has 0 saturated heterocycles. The van der Waals surface area contributed by atoms with Gasteiger partial charge in [-0.2, -0.15) is 0 Å². The molecule has 3 N–H and O–H groups in total. The molecule has 0 aromatic heterocycles. The molecule has 0 aliphatic carbocycles. The Hall–Kier alpha value is -1.26. The smallest absolute Gasteiger partial charge is 0.326 e. The molecule has 0 aromatic rings. The van der Waals surface area contributed by atoms with Crippen molar-refractivity contribution < 1.29 is 14.7 Å². The maximum absolute atomic E-state index is 11.3. The summed E-state index contributed by atoms with van der Waals surface area (Å²) in [6.45, 7) is 4.57. The number of hydrogen-bond acceptors (Lipinski definition) is 2. The minimum Gasteiger partial charge on any atom is -0.480 e. The molecule has 0 bridgehead atoms. The van der Waals surface area contributed by atoms with Crippen molar-refractivity contribution in [1.82, 2.24) is 10.6 Å². The summed E-state index contributed by atoms with van der Waals surface area (Å²) in [7, 11) is 0. The van der Waals surface area contributed by atoms with Crippen LogP contribution in [-0.4, -0.2) is 29.7 Å². The summed E-state index contributed by atoms with van der Waals surface area (Å²) in [6.07, 6.45) is 4.27. The SMILES string of the molecule is CCCCCNC(=O)NC(CCC)C(=O)O. The van der Waals surface area contributed by atoms with Gasteiger partial charge in [-0.25, -0.2) is 9.59 Å². The normalized spacial score (nSPS) is 11.9. The zero-order valence-electron chi connectivity index (χ0n) is 10.1. The second kappa shape index (κ2) is 9.00. The molecule has 0 saturated carbocycles. The summed E-state index contributed by atoms with van der Waals surface area (Å²) in [4.78, 5) is 22.1. The second-order valence-corrected chi connectivity index (χ2v) is 3.79. The highest BCUT2D eigenvalue weighted by Crippen LogP contribution is 1.96. The van der Waals surface area contributed by atoms with Gasteiger partial charge >= 0.3 is 12.0 Å². The Kier molecular flexibility index (Phi) is 8.29. The third kappa shape index (κ3) is 7.09. The molecule has 1 atom stereocenters. The van der Waals surface area contributed by atoms with E-state index in [1.807, 2.05) is 6.92 Å². The summed E-state index contributed by atoms with van der Waals surface area (Å²) in [5.74, 6) is -0.981. The van der Waals surface area contributed by atoms with Gasteiger partial charge in [0.2, 0.25) is 0 Å². The first-order valence-electron chi connectivity index (χ1n) is 5.89. The third-order valence-electron chi connectivity index (χ3n) is 2.25. The predicted molar refractivity (Wildman–Crippen MR) is 62.4 cm³/mol. The van der Waals surface area contributed by atoms with Crippen LogP contribution in [0.1, 0.15) is 46.0 Å². The summed E-state index contributed by atoms with van der Waals surface area (Å²) in [5.41, 5.74) is 0. The Morgan fingerprint density at radius 3 is 2.38 bits per heavy atom. The Balaban J connectivity index is 3.77. The minimum atomic E-state index is -0.981. The van der Waals surface area contributed by atoms with Gasteiger partial charge in [0.15, 0.2) is 0 Å². The number of carbonyl (C=O) groups is 2. The van der Waals surface area contributed by atoms with Crippen LogP contribution in [0.5, 0.6) is 0 Å². The lowest BCUT2D eigenvalue weighted by molar-refractivity contribution is -0.139. The van der Waals surface area contributed by atoms with E-state index in [2.05, 4.69) is 17.6 Å². The van der Waals surface area contributed by atoms with Crippen molar-refractivity contribution in [2.75, 3.05) is 6.54 Å². The van der Waals surface area contributed by atoms with Crippen molar-refractivity contribution in [2.24, 2.45) is 0 Å². The molecule has 0 fully saturated rings.